The van der Waals surface area contributed by atoms with Gasteiger partial charge in [0.2, 0.25) is 5.91 Å². The molecular formula is C11H19N5O2. The Hall–Kier alpha value is -1.89. The summed E-state index contributed by atoms with van der Waals surface area (Å²) in [5, 5.41) is 2.60. The van der Waals surface area contributed by atoms with Crippen LogP contribution in [0.2, 0.25) is 0 Å². The van der Waals surface area contributed by atoms with E-state index in [1.165, 1.54) is 4.90 Å². The van der Waals surface area contributed by atoms with E-state index < -0.39 is 6.04 Å². The van der Waals surface area contributed by atoms with Crippen LogP contribution in [0.1, 0.15) is 17.4 Å². The highest BCUT2D eigenvalue weighted by Gasteiger charge is 2.19. The summed E-state index contributed by atoms with van der Waals surface area (Å²) in [6.07, 6.45) is 3.15. The second kappa shape index (κ2) is 6.15. The molecule has 100 valence electrons. The standard InChI is InChI=1S/C11H19N5O2/c1-8(11(18)15(2)3)14-10(17)9-6-16(5-4-12)7-13-9/h6-8H,4-5,12H2,1-3H3,(H,14,17). The predicted molar refractivity (Wildman–Crippen MR) is 66.9 cm³/mol. The zero-order valence-electron chi connectivity index (χ0n) is 10.9. The fourth-order valence-corrected chi connectivity index (χ4v) is 1.47. The Labute approximate surface area is 106 Å². The monoisotopic (exact) mass is 253 g/mol. The number of carbonyl (C=O) groups excluding carboxylic acids is 2. The highest BCUT2D eigenvalue weighted by molar-refractivity contribution is 5.95. The first-order chi connectivity index (χ1) is 8.45. The number of rotatable bonds is 5. The Bertz CT molecular complexity index is 427. The maximum Gasteiger partial charge on any atom is 0.272 e. The van der Waals surface area contributed by atoms with Crippen molar-refractivity contribution in [2.24, 2.45) is 5.73 Å². The predicted octanol–water partition coefficient (Wildman–Crippen LogP) is -0.952. The molecule has 7 heteroatoms. The number of amides is 2. The van der Waals surface area contributed by atoms with Gasteiger partial charge in [-0.25, -0.2) is 4.98 Å². The lowest BCUT2D eigenvalue weighted by atomic mass is 10.3. The van der Waals surface area contributed by atoms with Gasteiger partial charge >= 0.3 is 0 Å². The van der Waals surface area contributed by atoms with Crippen molar-refractivity contribution in [3.63, 3.8) is 0 Å². The van der Waals surface area contributed by atoms with Crippen LogP contribution >= 0.6 is 0 Å². The Morgan fingerprint density at radius 1 is 1.56 bits per heavy atom. The van der Waals surface area contributed by atoms with Crippen molar-refractivity contribution in [2.45, 2.75) is 19.5 Å². The molecule has 1 aromatic rings. The minimum atomic E-state index is -0.577. The number of nitrogens with one attached hydrogen (secondary N) is 1. The van der Waals surface area contributed by atoms with E-state index in [0.29, 0.717) is 13.1 Å². The molecule has 7 nitrogen and oxygen atoms in total. The van der Waals surface area contributed by atoms with E-state index in [-0.39, 0.29) is 17.5 Å². The molecular weight excluding hydrogens is 234 g/mol. The molecule has 0 aliphatic rings. The number of nitrogens with two attached hydrogens (primary N) is 1. The van der Waals surface area contributed by atoms with Gasteiger partial charge < -0.3 is 20.5 Å². The maximum atomic E-state index is 11.8. The van der Waals surface area contributed by atoms with Crippen molar-refractivity contribution in [1.82, 2.24) is 19.8 Å². The lowest BCUT2D eigenvalue weighted by molar-refractivity contribution is -0.130. The first kappa shape index (κ1) is 14.2. The quantitative estimate of drug-likeness (QED) is 0.707. The molecule has 2 amide bonds. The smallest absolute Gasteiger partial charge is 0.272 e. The van der Waals surface area contributed by atoms with Gasteiger partial charge in [-0.3, -0.25) is 9.59 Å². The van der Waals surface area contributed by atoms with E-state index in [4.69, 9.17) is 5.73 Å². The molecule has 0 saturated heterocycles. The molecule has 0 fully saturated rings. The molecule has 1 aromatic heterocycles. The summed E-state index contributed by atoms with van der Waals surface area (Å²) >= 11 is 0. The molecule has 1 unspecified atom stereocenters. The van der Waals surface area contributed by atoms with E-state index in [0.717, 1.165) is 0 Å². The minimum absolute atomic E-state index is 0.162. The van der Waals surface area contributed by atoms with Crippen LogP contribution < -0.4 is 11.1 Å². The SMILES string of the molecule is CC(NC(=O)c1cn(CCN)cn1)C(=O)N(C)C. The second-order valence-corrected chi connectivity index (χ2v) is 4.21. The summed E-state index contributed by atoms with van der Waals surface area (Å²) in [7, 11) is 3.28. The number of imidazole rings is 1. The Morgan fingerprint density at radius 2 is 2.22 bits per heavy atom. The molecule has 1 heterocycles. The lowest BCUT2D eigenvalue weighted by Gasteiger charge is -2.17. The van der Waals surface area contributed by atoms with Crippen molar-refractivity contribution in [1.29, 1.82) is 0 Å². The first-order valence-electron chi connectivity index (χ1n) is 5.69. The van der Waals surface area contributed by atoms with Crippen LogP contribution in [-0.2, 0) is 11.3 Å². The lowest BCUT2D eigenvalue weighted by Crippen LogP contribution is -2.44. The number of hydrogen-bond acceptors (Lipinski definition) is 4. The van der Waals surface area contributed by atoms with Crippen molar-refractivity contribution in [2.75, 3.05) is 20.6 Å². The third-order valence-electron chi connectivity index (χ3n) is 2.41. The fraction of sp³-hybridized carbons (Fsp3) is 0.545. The van der Waals surface area contributed by atoms with Crippen molar-refractivity contribution in [3.05, 3.63) is 18.2 Å². The molecule has 0 radical (unpaired) electrons. The number of aromatic nitrogens is 2. The van der Waals surface area contributed by atoms with Crippen LogP contribution in [0.15, 0.2) is 12.5 Å². The van der Waals surface area contributed by atoms with Crippen LogP contribution in [0.3, 0.4) is 0 Å². The number of likely N-dealkylation sites (N-methyl/N-ethyl adjacent to an activating group) is 1. The second-order valence-electron chi connectivity index (χ2n) is 4.21. The average molecular weight is 253 g/mol. The highest BCUT2D eigenvalue weighted by Crippen LogP contribution is 1.98. The van der Waals surface area contributed by atoms with Crippen LogP contribution in [0.5, 0.6) is 0 Å². The zero-order valence-corrected chi connectivity index (χ0v) is 10.9. The van der Waals surface area contributed by atoms with Gasteiger partial charge in [0.25, 0.3) is 5.91 Å². The fourth-order valence-electron chi connectivity index (χ4n) is 1.47. The molecule has 1 rings (SSSR count). The third-order valence-corrected chi connectivity index (χ3v) is 2.41. The summed E-state index contributed by atoms with van der Waals surface area (Å²) in [6.45, 7) is 2.72. The van der Waals surface area contributed by atoms with Gasteiger partial charge in [-0.05, 0) is 6.92 Å². The minimum Gasteiger partial charge on any atom is -0.347 e. The summed E-state index contributed by atoms with van der Waals surface area (Å²) in [4.78, 5) is 28.8. The van der Waals surface area contributed by atoms with Crippen LogP contribution in [-0.4, -0.2) is 52.9 Å². The van der Waals surface area contributed by atoms with Gasteiger partial charge in [0, 0.05) is 33.4 Å². The largest absolute Gasteiger partial charge is 0.347 e. The average Bonchev–Trinajstić information content (AvgIpc) is 2.77. The van der Waals surface area contributed by atoms with Crippen molar-refractivity contribution < 1.29 is 9.59 Å². The summed E-state index contributed by atoms with van der Waals surface area (Å²) in [5.41, 5.74) is 5.68. The molecule has 18 heavy (non-hydrogen) atoms. The number of nitrogens with zero attached hydrogens (tertiary/aromatic N) is 3. The number of hydrogen-bond donors (Lipinski definition) is 2. The van der Waals surface area contributed by atoms with Crippen molar-refractivity contribution >= 4 is 11.8 Å². The molecule has 1 atom stereocenters. The third kappa shape index (κ3) is 3.56. The van der Waals surface area contributed by atoms with E-state index in [2.05, 4.69) is 10.3 Å². The molecule has 0 aliphatic carbocycles. The van der Waals surface area contributed by atoms with Crippen LogP contribution in [0.4, 0.5) is 0 Å². The summed E-state index contributed by atoms with van der Waals surface area (Å²) in [6, 6.07) is -0.577. The Kier molecular flexibility index (Phi) is 4.85. The van der Waals surface area contributed by atoms with Gasteiger partial charge in [-0.2, -0.15) is 0 Å². The maximum absolute atomic E-state index is 11.8. The number of carbonyl (C=O) groups is 2. The molecule has 0 aromatic carbocycles. The zero-order chi connectivity index (χ0) is 13.7. The Morgan fingerprint density at radius 3 is 2.78 bits per heavy atom. The Balaban J connectivity index is 2.61. The van der Waals surface area contributed by atoms with Gasteiger partial charge in [0.05, 0.1) is 6.33 Å². The highest BCUT2D eigenvalue weighted by atomic mass is 16.2. The van der Waals surface area contributed by atoms with Gasteiger partial charge in [0.15, 0.2) is 0 Å². The van der Waals surface area contributed by atoms with E-state index in [1.807, 2.05) is 0 Å². The molecule has 0 saturated carbocycles. The molecule has 0 aliphatic heterocycles. The van der Waals surface area contributed by atoms with E-state index >= 15 is 0 Å². The topological polar surface area (TPSA) is 93.2 Å². The normalized spacial score (nSPS) is 12.0. The molecule has 0 bridgehead atoms. The van der Waals surface area contributed by atoms with Gasteiger partial charge in [0.1, 0.15) is 11.7 Å². The van der Waals surface area contributed by atoms with E-state index in [1.54, 1.807) is 38.1 Å². The first-order valence-corrected chi connectivity index (χ1v) is 5.69. The molecule has 3 N–H and O–H groups in total. The van der Waals surface area contributed by atoms with Crippen LogP contribution in [0.25, 0.3) is 0 Å². The van der Waals surface area contributed by atoms with Gasteiger partial charge in [-0.1, -0.05) is 0 Å². The van der Waals surface area contributed by atoms with Crippen LogP contribution in [0, 0.1) is 0 Å². The van der Waals surface area contributed by atoms with E-state index in [9.17, 15) is 9.59 Å². The molecule has 0 spiro atoms. The van der Waals surface area contributed by atoms with Gasteiger partial charge in [-0.15, -0.1) is 0 Å². The van der Waals surface area contributed by atoms with Crippen molar-refractivity contribution in [3.8, 4) is 0 Å². The summed E-state index contributed by atoms with van der Waals surface area (Å²) in [5.74, 6) is -0.529. The summed E-state index contributed by atoms with van der Waals surface area (Å²) < 4.78 is 1.73.